The summed E-state index contributed by atoms with van der Waals surface area (Å²) in [5, 5.41) is 1.04. The topological polar surface area (TPSA) is 35.0 Å². The van der Waals surface area contributed by atoms with Crippen LogP contribution >= 0.6 is 0 Å². The summed E-state index contributed by atoms with van der Waals surface area (Å²) < 4.78 is 6.65. The average Bonchev–Trinajstić information content (AvgIpc) is 3.45. The summed E-state index contributed by atoms with van der Waals surface area (Å²) in [5.41, 5.74) is 13.0. The minimum Gasteiger partial charge on any atom is -0.457 e. The number of para-hydroxylation sites is 2. The van der Waals surface area contributed by atoms with Gasteiger partial charge in [-0.3, -0.25) is 0 Å². The number of hydrogen-bond acceptors (Lipinski definition) is 3. The van der Waals surface area contributed by atoms with Gasteiger partial charge in [0.25, 0.3) is 0 Å². The second kappa shape index (κ2) is 10.3. The maximum absolute atomic E-state index is 6.65. The van der Waals surface area contributed by atoms with E-state index in [-0.39, 0.29) is 0 Å². The molecule has 1 aliphatic heterocycles. The van der Waals surface area contributed by atoms with Gasteiger partial charge in [0, 0.05) is 27.6 Å². The number of rotatable bonds is 3. The molecule has 0 N–H and O–H groups in total. The number of hydrogen-bond donors (Lipinski definition) is 0. The highest BCUT2D eigenvalue weighted by Crippen LogP contribution is 2.62. The third-order valence-corrected chi connectivity index (χ3v) is 9.95. The van der Waals surface area contributed by atoms with Gasteiger partial charge in [-0.25, -0.2) is 9.97 Å². The Morgan fingerprint density at radius 2 is 1.00 bits per heavy atom. The molecule has 48 heavy (non-hydrogen) atoms. The van der Waals surface area contributed by atoms with Crippen molar-refractivity contribution in [2.45, 2.75) is 5.41 Å². The van der Waals surface area contributed by atoms with Crippen molar-refractivity contribution in [1.29, 1.82) is 0 Å². The molecule has 0 fully saturated rings. The number of ether oxygens (including phenoxy) is 1. The van der Waals surface area contributed by atoms with Crippen molar-refractivity contribution in [3.63, 3.8) is 0 Å². The summed E-state index contributed by atoms with van der Waals surface area (Å²) in [5.74, 6) is 2.49. The largest absolute Gasteiger partial charge is 0.457 e. The van der Waals surface area contributed by atoms with Gasteiger partial charge in [0.15, 0.2) is 5.82 Å². The van der Waals surface area contributed by atoms with Crippen LogP contribution in [0.5, 0.6) is 11.5 Å². The lowest BCUT2D eigenvalue weighted by Gasteiger charge is -2.39. The van der Waals surface area contributed by atoms with E-state index in [1.54, 1.807) is 0 Å². The molecule has 8 aromatic rings. The molecular formula is C45H28N2O. The van der Waals surface area contributed by atoms with E-state index in [1.807, 2.05) is 18.2 Å². The van der Waals surface area contributed by atoms with Gasteiger partial charge in [-0.2, -0.15) is 0 Å². The highest BCUT2D eigenvalue weighted by Gasteiger charge is 2.50. The van der Waals surface area contributed by atoms with Gasteiger partial charge < -0.3 is 4.74 Å². The molecule has 3 nitrogen and oxygen atoms in total. The summed E-state index contributed by atoms with van der Waals surface area (Å²) >= 11 is 0. The number of fused-ring (bicyclic) bond motifs is 10. The molecule has 0 bridgehead atoms. The van der Waals surface area contributed by atoms with E-state index in [1.165, 1.54) is 27.8 Å². The summed E-state index contributed by atoms with van der Waals surface area (Å²) in [4.78, 5) is 10.2. The zero-order valence-electron chi connectivity index (χ0n) is 26.0. The van der Waals surface area contributed by atoms with Crippen molar-refractivity contribution >= 4 is 10.9 Å². The Morgan fingerprint density at radius 1 is 0.396 bits per heavy atom. The molecule has 0 saturated carbocycles. The lowest BCUT2D eigenvalue weighted by Crippen LogP contribution is -2.32. The molecule has 0 amide bonds. The Balaban J connectivity index is 1.17. The quantitative estimate of drug-likeness (QED) is 0.199. The Kier molecular flexibility index (Phi) is 5.79. The molecule has 1 spiro atoms. The maximum Gasteiger partial charge on any atom is 0.160 e. The van der Waals surface area contributed by atoms with Crippen molar-refractivity contribution in [2.24, 2.45) is 0 Å². The van der Waals surface area contributed by atoms with Crippen LogP contribution in [0.4, 0.5) is 0 Å². The van der Waals surface area contributed by atoms with Gasteiger partial charge in [0.2, 0.25) is 0 Å². The van der Waals surface area contributed by atoms with Crippen LogP contribution in [0.3, 0.4) is 0 Å². The van der Waals surface area contributed by atoms with Crippen LogP contribution in [0.2, 0.25) is 0 Å². The van der Waals surface area contributed by atoms with Crippen molar-refractivity contribution in [1.82, 2.24) is 9.97 Å². The second-order valence-electron chi connectivity index (χ2n) is 12.5. The summed E-state index contributed by atoms with van der Waals surface area (Å²) in [6.07, 6.45) is 0. The third kappa shape index (κ3) is 3.82. The van der Waals surface area contributed by atoms with Crippen LogP contribution in [-0.2, 0) is 5.41 Å². The first-order valence-corrected chi connectivity index (χ1v) is 16.3. The van der Waals surface area contributed by atoms with Gasteiger partial charge in [0.05, 0.1) is 16.6 Å². The standard InChI is InChI=1S/C45H28N2O/c1-2-13-29(14-3-1)43-35-19-6-10-23-40(35)46-44(47-43)32-16-12-15-30(27-32)31-25-26-42-39(28-31)45(38-22-9-11-24-41(38)48-42)36-20-7-4-17-33(36)34-18-5-8-21-37(34)45/h1-28H. The zero-order valence-corrected chi connectivity index (χ0v) is 26.0. The highest BCUT2D eigenvalue weighted by molar-refractivity contribution is 5.94. The fourth-order valence-electron chi connectivity index (χ4n) is 7.90. The van der Waals surface area contributed by atoms with E-state index in [9.17, 15) is 0 Å². The molecule has 0 atom stereocenters. The van der Waals surface area contributed by atoms with E-state index in [0.29, 0.717) is 5.82 Å². The molecule has 10 rings (SSSR count). The molecule has 0 saturated heterocycles. The Hall–Kier alpha value is -6.32. The minimum absolute atomic E-state index is 0.503. The maximum atomic E-state index is 6.65. The van der Waals surface area contributed by atoms with Gasteiger partial charge in [0.1, 0.15) is 11.5 Å². The number of nitrogens with zero attached hydrogens (tertiary/aromatic N) is 2. The normalized spacial score (nSPS) is 13.3. The first-order valence-electron chi connectivity index (χ1n) is 16.3. The first kappa shape index (κ1) is 26.9. The molecule has 7 aromatic carbocycles. The lowest BCUT2D eigenvalue weighted by atomic mass is 9.66. The Labute approximate surface area is 278 Å². The van der Waals surface area contributed by atoms with Crippen LogP contribution in [-0.4, -0.2) is 9.97 Å². The van der Waals surface area contributed by atoms with Gasteiger partial charge in [-0.15, -0.1) is 0 Å². The molecule has 0 radical (unpaired) electrons. The van der Waals surface area contributed by atoms with Gasteiger partial charge >= 0.3 is 0 Å². The van der Waals surface area contributed by atoms with Gasteiger partial charge in [-0.05, 0) is 63.7 Å². The monoisotopic (exact) mass is 612 g/mol. The summed E-state index contributed by atoms with van der Waals surface area (Å²) in [6, 6.07) is 60.0. The Morgan fingerprint density at radius 3 is 1.81 bits per heavy atom. The number of benzene rings is 7. The molecule has 2 heterocycles. The van der Waals surface area contributed by atoms with E-state index in [0.717, 1.165) is 55.9 Å². The number of aromatic nitrogens is 2. The highest BCUT2D eigenvalue weighted by atomic mass is 16.5. The molecule has 2 aliphatic rings. The molecular weight excluding hydrogens is 585 g/mol. The molecule has 224 valence electrons. The van der Waals surface area contributed by atoms with Crippen molar-refractivity contribution in [3.05, 3.63) is 192 Å². The van der Waals surface area contributed by atoms with Crippen LogP contribution in [0.25, 0.3) is 55.8 Å². The third-order valence-electron chi connectivity index (χ3n) is 9.95. The van der Waals surface area contributed by atoms with Gasteiger partial charge in [-0.1, -0.05) is 140 Å². The van der Waals surface area contributed by atoms with Crippen molar-refractivity contribution in [3.8, 4) is 56.4 Å². The predicted molar refractivity (Wildman–Crippen MR) is 193 cm³/mol. The fourth-order valence-corrected chi connectivity index (χ4v) is 7.90. The van der Waals surface area contributed by atoms with Crippen molar-refractivity contribution in [2.75, 3.05) is 0 Å². The fraction of sp³-hybridized carbons (Fsp3) is 0.0222. The van der Waals surface area contributed by atoms with Crippen LogP contribution in [0, 0.1) is 0 Å². The lowest BCUT2D eigenvalue weighted by molar-refractivity contribution is 0.436. The van der Waals surface area contributed by atoms with Crippen LogP contribution in [0.1, 0.15) is 22.3 Å². The summed E-state index contributed by atoms with van der Waals surface area (Å²) in [7, 11) is 0. The van der Waals surface area contributed by atoms with E-state index in [4.69, 9.17) is 14.7 Å². The minimum atomic E-state index is -0.503. The molecule has 3 heteroatoms. The molecule has 0 unspecified atom stereocenters. The first-order chi connectivity index (χ1) is 23.8. The molecule has 1 aliphatic carbocycles. The van der Waals surface area contributed by atoms with Crippen molar-refractivity contribution < 1.29 is 4.74 Å². The van der Waals surface area contributed by atoms with E-state index < -0.39 is 5.41 Å². The second-order valence-corrected chi connectivity index (χ2v) is 12.5. The smallest absolute Gasteiger partial charge is 0.160 e. The Bertz CT molecular complexity index is 2510. The summed E-state index contributed by atoms with van der Waals surface area (Å²) in [6.45, 7) is 0. The van der Waals surface area contributed by atoms with E-state index in [2.05, 4.69) is 152 Å². The SMILES string of the molecule is c1ccc(-c2nc(-c3cccc(-c4ccc5c(c4)C4(c6ccccc6O5)c5ccccc5-c5ccccc54)c3)nc3ccccc23)cc1. The molecule has 1 aromatic heterocycles. The predicted octanol–water partition coefficient (Wildman–Crippen LogP) is 11.1. The van der Waals surface area contributed by atoms with Crippen LogP contribution in [0.15, 0.2) is 170 Å². The van der Waals surface area contributed by atoms with E-state index >= 15 is 0 Å². The zero-order chi connectivity index (χ0) is 31.7. The average molecular weight is 613 g/mol. The van der Waals surface area contributed by atoms with Crippen LogP contribution < -0.4 is 4.74 Å².